The molecule has 0 fully saturated rings. The molecule has 8 aromatic heterocycles. The summed E-state index contributed by atoms with van der Waals surface area (Å²) < 4.78 is 0. The highest BCUT2D eigenvalue weighted by molar-refractivity contribution is 6.40. The Morgan fingerprint density at radius 1 is 0.135 bits per heavy atom. The summed E-state index contributed by atoms with van der Waals surface area (Å²) in [5, 5.41) is 52.7. The molecule has 0 saturated carbocycles. The molecule has 148 heavy (non-hydrogen) atoms. The SMILES string of the molecule is c1ccc2c(c1)Cc1cnc3c(ccc4c3ncc3[nH]c5ccccc5c34)c1-2.c1ccc2c(c1)[nH]c1cc3c(cc12)Cc1cc2ccc4cc5[nH]c6cc7c(cc6c5c5ccc(c1-3)c2c45)[nH]c1ccccc17.c1ccc2c3c(ccc2c1)Cc1cc2ccc4cc5[nH]c6ccc7ccccc7c6c5c5ccc(c1-3)c2c45.c1ccc2cc3c(cc2c1)Cc1cc2ccc4cc5[nH]c6cc7ccccc7cc6c5c5ccc(c1-3)c2c45. The molecule has 0 bridgehead atoms. The molecule has 4 aliphatic carbocycles. The lowest BCUT2D eigenvalue weighted by atomic mass is 9.87. The number of pyridine rings is 2. The van der Waals surface area contributed by atoms with E-state index in [-0.39, 0.29) is 0 Å². The van der Waals surface area contributed by atoms with Crippen molar-refractivity contribution in [3.05, 3.63) is 445 Å². The van der Waals surface area contributed by atoms with Crippen molar-refractivity contribution in [2.24, 2.45) is 0 Å². The number of benzene rings is 27. The number of aromatic amines is 6. The number of aromatic nitrogens is 8. The summed E-state index contributed by atoms with van der Waals surface area (Å²) in [6, 6.07) is 145. The molecule has 0 radical (unpaired) electrons. The van der Waals surface area contributed by atoms with Crippen molar-refractivity contribution in [2.75, 3.05) is 0 Å². The minimum absolute atomic E-state index is 0.960. The van der Waals surface area contributed by atoms with Crippen LogP contribution in [0.3, 0.4) is 0 Å². The van der Waals surface area contributed by atoms with E-state index in [2.05, 4.69) is 418 Å². The molecule has 0 aliphatic heterocycles. The quantitative estimate of drug-likeness (QED) is 0.0848. The van der Waals surface area contributed by atoms with Gasteiger partial charge in [0.15, 0.2) is 0 Å². The maximum Gasteiger partial charge on any atom is 0.0972 e. The van der Waals surface area contributed by atoms with Crippen LogP contribution in [0.25, 0.3) is 337 Å². The fourth-order valence-electron chi connectivity index (χ4n) is 28.6. The molecule has 0 unspecified atom stereocenters. The Morgan fingerprint density at radius 2 is 0.493 bits per heavy atom. The average Bonchev–Trinajstić information content (AvgIpc) is 1.47. The predicted molar refractivity (Wildman–Crippen MR) is 627 cm³/mol. The molecule has 8 heterocycles. The topological polar surface area (TPSA) is 121 Å². The van der Waals surface area contributed by atoms with Crippen LogP contribution in [0.1, 0.15) is 44.5 Å². The van der Waals surface area contributed by atoms with Crippen molar-refractivity contribution >= 4 is 293 Å². The summed E-state index contributed by atoms with van der Waals surface area (Å²) in [7, 11) is 0. The van der Waals surface area contributed by atoms with Gasteiger partial charge in [0.25, 0.3) is 0 Å². The highest BCUT2D eigenvalue weighted by Gasteiger charge is 2.33. The normalized spacial score (nSPS) is 13.2. The highest BCUT2D eigenvalue weighted by Crippen LogP contribution is 2.57. The molecule has 8 heteroatoms. The summed E-state index contributed by atoms with van der Waals surface area (Å²) in [5.74, 6) is 0. The third kappa shape index (κ3) is 10.5. The lowest BCUT2D eigenvalue weighted by molar-refractivity contribution is 1.22. The Kier molecular flexibility index (Phi) is 15.0. The van der Waals surface area contributed by atoms with Crippen LogP contribution in [0.2, 0.25) is 0 Å². The van der Waals surface area contributed by atoms with Crippen molar-refractivity contribution in [1.82, 2.24) is 39.9 Å². The van der Waals surface area contributed by atoms with Gasteiger partial charge in [-0.1, -0.05) is 303 Å². The summed E-state index contributed by atoms with van der Waals surface area (Å²) >= 11 is 0. The van der Waals surface area contributed by atoms with E-state index in [1.54, 1.807) is 0 Å². The van der Waals surface area contributed by atoms with E-state index in [1.807, 2.05) is 12.4 Å². The number of nitrogens with one attached hydrogen (secondary N) is 6. The number of nitrogens with zero attached hydrogens (tertiary/aromatic N) is 2. The lowest BCUT2D eigenvalue weighted by Gasteiger charge is -2.16. The molecule has 6 N–H and O–H groups in total. The summed E-state index contributed by atoms with van der Waals surface area (Å²) in [6.45, 7) is 0. The van der Waals surface area contributed by atoms with Gasteiger partial charge >= 0.3 is 0 Å². The largest absolute Gasteiger partial charge is 0.354 e. The first kappa shape index (κ1) is 78.3. The maximum atomic E-state index is 4.86. The molecule has 8 nitrogen and oxygen atoms in total. The molecule has 4 aliphatic rings. The van der Waals surface area contributed by atoms with E-state index in [9.17, 15) is 0 Å². The Morgan fingerprint density at radius 3 is 1.16 bits per heavy atom. The molecular formula is C140H80N8. The van der Waals surface area contributed by atoms with Crippen LogP contribution in [0.15, 0.2) is 401 Å². The summed E-state index contributed by atoms with van der Waals surface area (Å²) in [6.07, 6.45) is 7.93. The zero-order valence-corrected chi connectivity index (χ0v) is 79.8. The van der Waals surface area contributed by atoms with Crippen LogP contribution in [0.5, 0.6) is 0 Å². The first-order valence-electron chi connectivity index (χ1n) is 51.8. The van der Waals surface area contributed by atoms with Crippen molar-refractivity contribution in [3.63, 3.8) is 0 Å². The van der Waals surface area contributed by atoms with E-state index in [0.717, 1.165) is 53.1 Å². The number of para-hydroxylation sites is 3. The van der Waals surface area contributed by atoms with Crippen molar-refractivity contribution < 1.29 is 0 Å². The van der Waals surface area contributed by atoms with Crippen LogP contribution in [0, 0.1) is 0 Å². The number of rotatable bonds is 0. The number of fused-ring (bicyclic) bond motifs is 47. The van der Waals surface area contributed by atoms with Crippen molar-refractivity contribution in [1.29, 1.82) is 0 Å². The third-order valence-electron chi connectivity index (χ3n) is 34.7. The van der Waals surface area contributed by atoms with Gasteiger partial charge in [0, 0.05) is 149 Å². The molecule has 0 saturated heterocycles. The first-order valence-corrected chi connectivity index (χ1v) is 51.8. The summed E-state index contributed by atoms with van der Waals surface area (Å²) in [4.78, 5) is 31.8. The number of hydrogen-bond acceptors (Lipinski definition) is 2. The van der Waals surface area contributed by atoms with Gasteiger partial charge in [-0.05, 0) is 333 Å². The van der Waals surface area contributed by atoms with Crippen LogP contribution < -0.4 is 0 Å². The van der Waals surface area contributed by atoms with Gasteiger partial charge in [0.1, 0.15) is 0 Å². The lowest BCUT2D eigenvalue weighted by Crippen LogP contribution is -1.90. The molecule has 0 amide bonds. The third-order valence-corrected chi connectivity index (χ3v) is 34.7. The van der Waals surface area contributed by atoms with E-state index < -0.39 is 0 Å². The number of H-pyrrole nitrogens is 6. The van der Waals surface area contributed by atoms with Crippen LogP contribution >= 0.6 is 0 Å². The van der Waals surface area contributed by atoms with Gasteiger partial charge in [-0.15, -0.1) is 0 Å². The standard InChI is InChI=1S/C41H23N3.2C37H21N.C25H15N3/c1-3-7-32-24(5-1)29-15-22-14-23-13-20-9-10-21-16-37-41(27-12-11-26(39(20)40(21)27)38(23)28(22)17-34(29)42-32)31-19-35-30(18-36(31)44-37)25-6-2-4-8-33(25)43-35;1-3-7-26-20(5-1)9-10-22-17-25-18-23-11-12-24-19-31-37(29-15-14-28(33(23)34(24)29)35(25)32(22)26)36-27-8-4-2-6-21(27)13-16-30(36)38-31;1-2-6-21-16-30-26(13-20(21)5-1)15-27-14-24-9-10-25-19-33-37(29-12-11-28(34(27)30)35(24)36(25)29)31-17-22-7-3-4-8-23(22)18-32(31)38-33;1-2-6-16-14(5-1)11-15-12-26-24-18(22(15)16)9-10-19-23-17-7-3-4-8-20(17)28-21(23)13-27-25(19)24/h1-13,15-19,42-44H,14H2;1-16,18-19,38H,17H2;1-14,16-19,38H,15H2;1-10,12-13,28H,11H2. The second-order valence-corrected chi connectivity index (χ2v) is 42.3. The Labute approximate surface area is 841 Å². The zero-order chi connectivity index (χ0) is 95.6. The minimum Gasteiger partial charge on any atom is -0.354 e. The van der Waals surface area contributed by atoms with Gasteiger partial charge in [0.05, 0.1) is 22.7 Å². The minimum atomic E-state index is 0.960. The first-order chi connectivity index (χ1) is 73.3. The van der Waals surface area contributed by atoms with Gasteiger partial charge in [-0.2, -0.15) is 0 Å². The van der Waals surface area contributed by atoms with Gasteiger partial charge in [-0.3, -0.25) is 9.97 Å². The second-order valence-electron chi connectivity index (χ2n) is 42.3. The molecule has 680 valence electrons. The van der Waals surface area contributed by atoms with Crippen LogP contribution in [-0.2, 0) is 25.7 Å². The fraction of sp³-hybridized carbons (Fsp3) is 0.0286. The smallest absolute Gasteiger partial charge is 0.0972 e. The monoisotopic (exact) mass is 1870 g/mol. The molecule has 0 spiro atoms. The van der Waals surface area contributed by atoms with Crippen LogP contribution in [0.4, 0.5) is 0 Å². The van der Waals surface area contributed by atoms with E-state index in [0.29, 0.717) is 0 Å². The predicted octanol–water partition coefficient (Wildman–Crippen LogP) is 37.2. The fourth-order valence-corrected chi connectivity index (χ4v) is 28.6. The Bertz CT molecular complexity index is 12300. The zero-order valence-electron chi connectivity index (χ0n) is 79.8. The second kappa shape index (κ2) is 28.4. The maximum absolute atomic E-state index is 4.86. The highest BCUT2D eigenvalue weighted by atomic mass is 14.8. The molecule has 35 aromatic rings. The van der Waals surface area contributed by atoms with E-state index in [1.165, 1.54) is 354 Å². The molecular weight excluding hydrogens is 1790 g/mol. The van der Waals surface area contributed by atoms with Gasteiger partial charge in [-0.25, -0.2) is 0 Å². The molecule has 0 atom stereocenters. The summed E-state index contributed by atoms with van der Waals surface area (Å²) in [5.41, 5.74) is 38.6. The Balaban J connectivity index is 0.0000000824. The van der Waals surface area contributed by atoms with Gasteiger partial charge < -0.3 is 29.9 Å². The van der Waals surface area contributed by atoms with E-state index >= 15 is 0 Å². The average molecular weight is 1870 g/mol. The Hall–Kier alpha value is -19.3. The van der Waals surface area contributed by atoms with Gasteiger partial charge in [0.2, 0.25) is 0 Å². The molecule has 39 rings (SSSR count). The van der Waals surface area contributed by atoms with Crippen molar-refractivity contribution in [2.45, 2.75) is 25.7 Å². The van der Waals surface area contributed by atoms with Crippen LogP contribution in [-0.4, -0.2) is 39.9 Å². The van der Waals surface area contributed by atoms with Crippen molar-refractivity contribution in [3.8, 4) is 44.5 Å². The molecule has 27 aromatic carbocycles. The number of hydrogen-bond donors (Lipinski definition) is 6. The van der Waals surface area contributed by atoms with E-state index in [4.69, 9.17) is 9.97 Å².